The Balaban J connectivity index is 2.36. The molecule has 0 aliphatic carbocycles. The second-order valence-corrected chi connectivity index (χ2v) is 7.28. The van der Waals surface area contributed by atoms with Crippen LogP contribution < -0.4 is 5.32 Å². The van der Waals surface area contributed by atoms with E-state index in [1.807, 2.05) is 0 Å². The zero-order valence-electron chi connectivity index (χ0n) is 11.1. The summed E-state index contributed by atoms with van der Waals surface area (Å²) in [5, 5.41) is 3.42. The van der Waals surface area contributed by atoms with Gasteiger partial charge >= 0.3 is 0 Å². The third-order valence-corrected chi connectivity index (χ3v) is 4.29. The fourth-order valence-electron chi connectivity index (χ4n) is 2.44. The number of piperidine rings is 1. The molecule has 1 rings (SSSR count). The largest absolute Gasteiger partial charge is 0.315 e. The molecule has 1 atom stereocenters. The number of hydrogen-bond acceptors (Lipinski definition) is 4. The lowest BCUT2D eigenvalue weighted by molar-refractivity contribution is 0.166. The molecule has 5 heteroatoms. The van der Waals surface area contributed by atoms with Crippen LogP contribution in [-0.4, -0.2) is 57.5 Å². The maximum absolute atomic E-state index is 11.1. The van der Waals surface area contributed by atoms with Crippen LogP contribution in [0.25, 0.3) is 0 Å². The van der Waals surface area contributed by atoms with Crippen molar-refractivity contribution in [2.45, 2.75) is 38.6 Å². The first-order chi connectivity index (χ1) is 8.03. The van der Waals surface area contributed by atoms with Gasteiger partial charge in [0.25, 0.3) is 0 Å². The minimum absolute atomic E-state index is 0.313. The van der Waals surface area contributed by atoms with Gasteiger partial charge in [-0.2, -0.15) is 0 Å². The molecule has 1 heterocycles. The van der Waals surface area contributed by atoms with E-state index >= 15 is 0 Å². The minimum atomic E-state index is -2.81. The summed E-state index contributed by atoms with van der Waals surface area (Å²) in [7, 11) is -2.81. The molecule has 0 bridgehead atoms. The molecule has 0 aromatic heterocycles. The van der Waals surface area contributed by atoms with E-state index in [0.717, 1.165) is 39.0 Å². The van der Waals surface area contributed by atoms with Gasteiger partial charge in [0.15, 0.2) is 0 Å². The van der Waals surface area contributed by atoms with Gasteiger partial charge in [-0.3, -0.25) is 4.90 Å². The Kier molecular flexibility index (Phi) is 6.44. The molecule has 1 fully saturated rings. The Morgan fingerprint density at radius 3 is 2.65 bits per heavy atom. The van der Waals surface area contributed by atoms with Gasteiger partial charge in [-0.1, -0.05) is 6.92 Å². The van der Waals surface area contributed by atoms with Crippen molar-refractivity contribution in [3.8, 4) is 0 Å². The third-order valence-electron chi connectivity index (χ3n) is 3.26. The van der Waals surface area contributed by atoms with Crippen molar-refractivity contribution in [3.05, 3.63) is 0 Å². The van der Waals surface area contributed by atoms with E-state index in [0.29, 0.717) is 11.8 Å². The highest BCUT2D eigenvalue weighted by Crippen LogP contribution is 2.11. The lowest BCUT2D eigenvalue weighted by Crippen LogP contribution is -2.46. The standard InChI is InChI=1S/C12H26N2O2S/c1-3-8-14(9-5-10-17(2,15)16)12-6-4-7-13-11-12/h12-13H,3-11H2,1-2H3. The fraction of sp³-hybridized carbons (Fsp3) is 1.00. The van der Waals surface area contributed by atoms with Crippen molar-refractivity contribution in [1.29, 1.82) is 0 Å². The van der Waals surface area contributed by atoms with Crippen LogP contribution in [0.5, 0.6) is 0 Å². The van der Waals surface area contributed by atoms with E-state index in [1.54, 1.807) is 0 Å². The van der Waals surface area contributed by atoms with E-state index in [9.17, 15) is 8.42 Å². The minimum Gasteiger partial charge on any atom is -0.315 e. The predicted molar refractivity (Wildman–Crippen MR) is 72.1 cm³/mol. The molecule has 0 aromatic rings. The molecule has 1 N–H and O–H groups in total. The molecule has 0 amide bonds. The Labute approximate surface area is 106 Å². The summed E-state index contributed by atoms with van der Waals surface area (Å²) >= 11 is 0. The lowest BCUT2D eigenvalue weighted by Gasteiger charge is -2.34. The van der Waals surface area contributed by atoms with Crippen LogP contribution in [0.3, 0.4) is 0 Å². The summed E-state index contributed by atoms with van der Waals surface area (Å²) in [6, 6.07) is 0.600. The molecule has 0 aromatic carbocycles. The maximum Gasteiger partial charge on any atom is 0.147 e. The first kappa shape index (κ1) is 14.9. The van der Waals surface area contributed by atoms with E-state index in [1.165, 1.54) is 19.1 Å². The van der Waals surface area contributed by atoms with Crippen LogP contribution in [0.15, 0.2) is 0 Å². The number of nitrogens with one attached hydrogen (secondary N) is 1. The highest BCUT2D eigenvalue weighted by molar-refractivity contribution is 7.90. The van der Waals surface area contributed by atoms with E-state index in [4.69, 9.17) is 0 Å². The van der Waals surface area contributed by atoms with Crippen molar-refractivity contribution < 1.29 is 8.42 Å². The van der Waals surface area contributed by atoms with Gasteiger partial charge in [0.2, 0.25) is 0 Å². The molecule has 0 spiro atoms. The van der Waals surface area contributed by atoms with Gasteiger partial charge in [-0.25, -0.2) is 8.42 Å². The number of hydrogen-bond donors (Lipinski definition) is 1. The fourth-order valence-corrected chi connectivity index (χ4v) is 3.09. The molecular weight excluding hydrogens is 236 g/mol. The first-order valence-corrected chi connectivity index (χ1v) is 8.71. The Hall–Kier alpha value is -0.130. The average Bonchev–Trinajstić information content (AvgIpc) is 2.27. The average molecular weight is 262 g/mol. The van der Waals surface area contributed by atoms with Crippen molar-refractivity contribution in [2.75, 3.05) is 38.2 Å². The Bertz CT molecular complexity index is 298. The van der Waals surface area contributed by atoms with Gasteiger partial charge in [0.1, 0.15) is 9.84 Å². The highest BCUT2D eigenvalue weighted by Gasteiger charge is 2.20. The number of sulfone groups is 1. The second kappa shape index (κ2) is 7.34. The second-order valence-electron chi connectivity index (χ2n) is 5.02. The molecule has 1 unspecified atom stereocenters. The van der Waals surface area contributed by atoms with Crippen LogP contribution in [-0.2, 0) is 9.84 Å². The monoisotopic (exact) mass is 262 g/mol. The topological polar surface area (TPSA) is 49.4 Å². The van der Waals surface area contributed by atoms with Crippen LogP contribution in [0.2, 0.25) is 0 Å². The molecule has 4 nitrogen and oxygen atoms in total. The predicted octanol–water partition coefficient (Wildman–Crippen LogP) is 0.885. The molecule has 0 radical (unpaired) electrons. The van der Waals surface area contributed by atoms with Crippen LogP contribution in [0, 0.1) is 0 Å². The summed E-state index contributed by atoms with van der Waals surface area (Å²) in [5.41, 5.74) is 0. The Morgan fingerprint density at radius 2 is 2.12 bits per heavy atom. The third kappa shape index (κ3) is 6.38. The zero-order valence-corrected chi connectivity index (χ0v) is 11.9. The quantitative estimate of drug-likeness (QED) is 0.740. The molecule has 1 aliphatic rings. The van der Waals surface area contributed by atoms with Crippen LogP contribution in [0.1, 0.15) is 32.6 Å². The van der Waals surface area contributed by atoms with Crippen LogP contribution in [0.4, 0.5) is 0 Å². The maximum atomic E-state index is 11.1. The summed E-state index contributed by atoms with van der Waals surface area (Å²) in [6.45, 7) is 6.35. The summed E-state index contributed by atoms with van der Waals surface area (Å²) in [4.78, 5) is 2.46. The first-order valence-electron chi connectivity index (χ1n) is 6.65. The van der Waals surface area contributed by atoms with E-state index in [2.05, 4.69) is 17.1 Å². The van der Waals surface area contributed by atoms with Crippen molar-refractivity contribution in [1.82, 2.24) is 10.2 Å². The van der Waals surface area contributed by atoms with Gasteiger partial charge in [0.05, 0.1) is 5.75 Å². The Morgan fingerprint density at radius 1 is 1.35 bits per heavy atom. The zero-order chi connectivity index (χ0) is 12.7. The smallest absolute Gasteiger partial charge is 0.147 e. The van der Waals surface area contributed by atoms with Gasteiger partial charge in [0, 0.05) is 18.8 Å². The molecule has 17 heavy (non-hydrogen) atoms. The van der Waals surface area contributed by atoms with Crippen molar-refractivity contribution in [3.63, 3.8) is 0 Å². The molecule has 1 saturated heterocycles. The summed E-state index contributed by atoms with van der Waals surface area (Å²) < 4.78 is 22.2. The van der Waals surface area contributed by atoms with Crippen LogP contribution >= 0.6 is 0 Å². The normalized spacial score (nSPS) is 21.9. The van der Waals surface area contributed by atoms with Crippen molar-refractivity contribution >= 4 is 9.84 Å². The van der Waals surface area contributed by atoms with Crippen molar-refractivity contribution in [2.24, 2.45) is 0 Å². The number of rotatable bonds is 7. The number of nitrogens with zero attached hydrogens (tertiary/aromatic N) is 1. The molecule has 0 saturated carbocycles. The SMILES string of the molecule is CCCN(CCCS(C)(=O)=O)C1CCCNC1. The summed E-state index contributed by atoms with van der Waals surface area (Å²) in [5.74, 6) is 0.313. The molecule has 102 valence electrons. The summed E-state index contributed by atoms with van der Waals surface area (Å²) in [6.07, 6.45) is 5.69. The van der Waals surface area contributed by atoms with Gasteiger partial charge in [-0.15, -0.1) is 0 Å². The van der Waals surface area contributed by atoms with Gasteiger partial charge < -0.3 is 5.32 Å². The van der Waals surface area contributed by atoms with Gasteiger partial charge in [-0.05, 0) is 45.3 Å². The highest BCUT2D eigenvalue weighted by atomic mass is 32.2. The lowest BCUT2D eigenvalue weighted by atomic mass is 10.1. The molecular formula is C12H26N2O2S. The molecule has 1 aliphatic heterocycles. The van der Waals surface area contributed by atoms with E-state index < -0.39 is 9.84 Å². The van der Waals surface area contributed by atoms with E-state index in [-0.39, 0.29) is 0 Å².